The Morgan fingerprint density at radius 3 is 2.76 bits per heavy atom. The van der Waals surface area contributed by atoms with Crippen molar-refractivity contribution in [2.24, 2.45) is 0 Å². The highest BCUT2D eigenvalue weighted by atomic mass is 19.1. The van der Waals surface area contributed by atoms with Gasteiger partial charge in [-0.15, -0.1) is 0 Å². The third-order valence-electron chi connectivity index (χ3n) is 5.90. The average molecular weight is 393 g/mol. The minimum Gasteiger partial charge on any atom is -0.364 e. The summed E-state index contributed by atoms with van der Waals surface area (Å²) >= 11 is 0. The quantitative estimate of drug-likeness (QED) is 0.785. The van der Waals surface area contributed by atoms with Crippen LogP contribution in [0.5, 0.6) is 0 Å². The molecule has 2 aliphatic heterocycles. The summed E-state index contributed by atoms with van der Waals surface area (Å²) in [5.74, 6) is -1.08. The Labute approximate surface area is 168 Å². The van der Waals surface area contributed by atoms with Crippen molar-refractivity contribution in [3.8, 4) is 6.07 Å². The van der Waals surface area contributed by atoms with Crippen LogP contribution < -0.4 is 0 Å². The number of fused-ring (bicyclic) bond motifs is 1. The molecule has 7 heteroatoms. The van der Waals surface area contributed by atoms with Gasteiger partial charge in [-0.2, -0.15) is 5.26 Å². The van der Waals surface area contributed by atoms with Gasteiger partial charge in [0, 0.05) is 25.7 Å². The van der Waals surface area contributed by atoms with Crippen LogP contribution in [0.15, 0.2) is 48.5 Å². The molecule has 0 unspecified atom stereocenters. The molecule has 2 aliphatic rings. The number of piperidine rings is 1. The van der Waals surface area contributed by atoms with Crippen molar-refractivity contribution in [1.29, 1.82) is 5.26 Å². The summed E-state index contributed by atoms with van der Waals surface area (Å²) in [6.45, 7) is 0.601. The molecule has 0 radical (unpaired) electrons. The summed E-state index contributed by atoms with van der Waals surface area (Å²) in [5.41, 5.74) is 0.537. The molecule has 2 heterocycles. The van der Waals surface area contributed by atoms with Crippen molar-refractivity contribution in [1.82, 2.24) is 9.80 Å². The first-order valence-electron chi connectivity index (χ1n) is 9.39. The van der Waals surface area contributed by atoms with E-state index in [1.54, 1.807) is 16.8 Å². The number of benzene rings is 2. The Bertz CT molecular complexity index is 1000. The number of nitriles is 1. The van der Waals surface area contributed by atoms with E-state index in [9.17, 15) is 14.0 Å². The summed E-state index contributed by atoms with van der Waals surface area (Å²) in [5, 5.41) is 9.05. The number of likely N-dealkylation sites (tertiary alicyclic amines) is 1. The summed E-state index contributed by atoms with van der Waals surface area (Å²) in [7, 11) is 1.77. The van der Waals surface area contributed by atoms with Crippen molar-refractivity contribution < 1.29 is 18.7 Å². The van der Waals surface area contributed by atoms with E-state index in [2.05, 4.69) is 0 Å². The van der Waals surface area contributed by atoms with Gasteiger partial charge >= 0.3 is 0 Å². The van der Waals surface area contributed by atoms with Crippen molar-refractivity contribution in [3.63, 3.8) is 0 Å². The maximum absolute atomic E-state index is 13.8. The largest absolute Gasteiger partial charge is 0.364 e. The third kappa shape index (κ3) is 3.15. The zero-order chi connectivity index (χ0) is 20.6. The van der Waals surface area contributed by atoms with Gasteiger partial charge in [0.15, 0.2) is 0 Å². The van der Waals surface area contributed by atoms with Gasteiger partial charge in [-0.3, -0.25) is 9.59 Å². The van der Waals surface area contributed by atoms with Crippen LogP contribution in [0.25, 0.3) is 0 Å². The van der Waals surface area contributed by atoms with Crippen LogP contribution in [-0.4, -0.2) is 54.5 Å². The molecule has 0 spiro atoms. The molecule has 6 nitrogen and oxygen atoms in total. The topological polar surface area (TPSA) is 73.6 Å². The molecule has 0 saturated carbocycles. The molecule has 0 aliphatic carbocycles. The van der Waals surface area contributed by atoms with E-state index in [1.807, 2.05) is 36.4 Å². The summed E-state index contributed by atoms with van der Waals surface area (Å²) < 4.78 is 19.7. The minimum atomic E-state index is -0.660. The predicted molar refractivity (Wildman–Crippen MR) is 102 cm³/mol. The zero-order valence-electron chi connectivity index (χ0n) is 16.0. The monoisotopic (exact) mass is 393 g/mol. The van der Waals surface area contributed by atoms with E-state index < -0.39 is 17.5 Å². The number of ether oxygens (including phenoxy) is 1. The van der Waals surface area contributed by atoms with Crippen LogP contribution in [0.2, 0.25) is 0 Å². The van der Waals surface area contributed by atoms with Gasteiger partial charge in [0.1, 0.15) is 18.5 Å². The highest BCUT2D eigenvalue weighted by Crippen LogP contribution is 2.42. The van der Waals surface area contributed by atoms with Crippen LogP contribution in [0.1, 0.15) is 27.9 Å². The summed E-state index contributed by atoms with van der Waals surface area (Å²) in [6.07, 6.45) is 0.0881. The van der Waals surface area contributed by atoms with Crippen LogP contribution in [0.3, 0.4) is 0 Å². The minimum absolute atomic E-state index is 0.0453. The van der Waals surface area contributed by atoms with Gasteiger partial charge < -0.3 is 14.5 Å². The second-order valence-corrected chi connectivity index (χ2v) is 7.38. The number of hydrogen-bond acceptors (Lipinski definition) is 4. The molecular formula is C22H20FN3O3. The van der Waals surface area contributed by atoms with Crippen LogP contribution >= 0.6 is 0 Å². The maximum Gasteiger partial charge on any atom is 0.254 e. The molecule has 4 rings (SSSR count). The Hall–Kier alpha value is -3.24. The van der Waals surface area contributed by atoms with Crippen molar-refractivity contribution in [2.45, 2.75) is 18.1 Å². The molecule has 0 aromatic heterocycles. The van der Waals surface area contributed by atoms with Crippen molar-refractivity contribution in [2.75, 3.05) is 26.7 Å². The lowest BCUT2D eigenvalue weighted by Gasteiger charge is -2.54. The second-order valence-electron chi connectivity index (χ2n) is 7.38. The lowest BCUT2D eigenvalue weighted by atomic mass is 9.76. The molecule has 148 valence electrons. The van der Waals surface area contributed by atoms with E-state index in [4.69, 9.17) is 10.00 Å². The number of halogens is 1. The molecule has 2 saturated heterocycles. The van der Waals surface area contributed by atoms with Gasteiger partial charge in [-0.1, -0.05) is 30.3 Å². The fourth-order valence-electron chi connectivity index (χ4n) is 4.37. The smallest absolute Gasteiger partial charge is 0.254 e. The Balaban J connectivity index is 1.66. The lowest BCUT2D eigenvalue weighted by molar-refractivity contribution is -0.180. The lowest BCUT2D eigenvalue weighted by Crippen LogP contribution is -2.67. The average Bonchev–Trinajstić information content (AvgIpc) is 2.75. The number of carbonyl (C=O) groups is 2. The highest BCUT2D eigenvalue weighted by molar-refractivity contribution is 5.94. The van der Waals surface area contributed by atoms with Gasteiger partial charge in [0.25, 0.3) is 5.91 Å². The number of likely N-dealkylation sites (N-methyl/N-ethyl adjacent to an activating group) is 1. The van der Waals surface area contributed by atoms with E-state index in [0.717, 1.165) is 17.7 Å². The van der Waals surface area contributed by atoms with Crippen molar-refractivity contribution in [3.05, 3.63) is 71.0 Å². The first-order chi connectivity index (χ1) is 14.0. The number of nitrogens with zero attached hydrogens (tertiary/aromatic N) is 3. The molecule has 0 N–H and O–H groups in total. The SMILES string of the molecule is CN1C(=O)CO[C@@H]2CN(C(=O)c3cc(F)cc(C#N)c3)CC[C@]21c1ccccc1. The molecule has 0 bridgehead atoms. The fourth-order valence-corrected chi connectivity index (χ4v) is 4.37. The number of rotatable bonds is 2. The van der Waals surface area contributed by atoms with Crippen LogP contribution in [0.4, 0.5) is 4.39 Å². The molecular weight excluding hydrogens is 373 g/mol. The molecule has 2 aromatic carbocycles. The summed E-state index contributed by atoms with van der Waals surface area (Å²) in [6, 6.07) is 15.2. The Morgan fingerprint density at radius 1 is 1.28 bits per heavy atom. The van der Waals surface area contributed by atoms with E-state index >= 15 is 0 Å². The van der Waals surface area contributed by atoms with E-state index in [-0.39, 0.29) is 36.1 Å². The van der Waals surface area contributed by atoms with Crippen LogP contribution in [0, 0.1) is 17.1 Å². The maximum atomic E-state index is 13.8. The van der Waals surface area contributed by atoms with Crippen molar-refractivity contribution >= 4 is 11.8 Å². The molecule has 2 fully saturated rings. The first-order valence-corrected chi connectivity index (χ1v) is 9.39. The third-order valence-corrected chi connectivity index (χ3v) is 5.90. The zero-order valence-corrected chi connectivity index (χ0v) is 16.0. The predicted octanol–water partition coefficient (Wildman–Crippen LogP) is 2.30. The fraction of sp³-hybridized carbons (Fsp3) is 0.318. The standard InChI is InChI=1S/C22H20FN3O3/c1-25-20(27)14-29-19-13-26(8-7-22(19,25)17-5-3-2-4-6-17)21(28)16-9-15(12-24)10-18(23)11-16/h2-6,9-11,19H,7-8,13-14H2,1H3/t19-,22+/m1/s1. The molecule has 2 aromatic rings. The van der Waals surface area contributed by atoms with E-state index in [1.165, 1.54) is 6.07 Å². The second kappa shape index (κ2) is 7.30. The molecule has 29 heavy (non-hydrogen) atoms. The number of hydrogen-bond donors (Lipinski definition) is 0. The van der Waals surface area contributed by atoms with Gasteiger partial charge in [-0.05, 0) is 30.2 Å². The normalized spacial score (nSPS) is 24.0. The first kappa shape index (κ1) is 19.1. The molecule has 2 amide bonds. The molecule has 2 atom stereocenters. The summed E-state index contributed by atoms with van der Waals surface area (Å²) in [4.78, 5) is 28.7. The number of amides is 2. The van der Waals surface area contributed by atoms with Gasteiger partial charge in [0.05, 0.1) is 17.2 Å². The van der Waals surface area contributed by atoms with E-state index in [0.29, 0.717) is 13.0 Å². The number of carbonyl (C=O) groups excluding carboxylic acids is 2. The van der Waals surface area contributed by atoms with Gasteiger partial charge in [-0.25, -0.2) is 4.39 Å². The van der Waals surface area contributed by atoms with Gasteiger partial charge in [0.2, 0.25) is 5.91 Å². The van der Waals surface area contributed by atoms with Crippen LogP contribution in [-0.2, 0) is 15.1 Å². The Morgan fingerprint density at radius 2 is 2.03 bits per heavy atom. The Kier molecular flexibility index (Phi) is 4.81. The number of morpholine rings is 1. The highest BCUT2D eigenvalue weighted by Gasteiger charge is 2.53.